The fourth-order valence-corrected chi connectivity index (χ4v) is 3.00. The highest BCUT2D eigenvalue weighted by Crippen LogP contribution is 2.28. The highest BCUT2D eigenvalue weighted by Gasteiger charge is 2.46. The number of nitrogens with zero attached hydrogens (tertiary/aromatic N) is 5. The lowest BCUT2D eigenvalue weighted by Crippen LogP contribution is -2.43. The van der Waals surface area contributed by atoms with Gasteiger partial charge in [0.15, 0.2) is 17.5 Å². The van der Waals surface area contributed by atoms with Gasteiger partial charge in [0.05, 0.1) is 18.4 Å². The molecule has 0 amide bonds. The summed E-state index contributed by atoms with van der Waals surface area (Å²) in [7, 11) is 0. The first-order valence-electron chi connectivity index (χ1n) is 9.44. The van der Waals surface area contributed by atoms with Crippen molar-refractivity contribution in [3.63, 3.8) is 0 Å². The lowest BCUT2D eigenvalue weighted by atomic mass is 10.2. The topological polar surface area (TPSA) is 119 Å². The van der Waals surface area contributed by atoms with Gasteiger partial charge in [-0.3, -0.25) is 4.68 Å². The average molecular weight is 480 g/mol. The Morgan fingerprint density at radius 2 is 1.91 bits per heavy atom. The first kappa shape index (κ1) is 22.8. The van der Waals surface area contributed by atoms with Crippen LogP contribution in [0.25, 0.3) is 22.9 Å². The Morgan fingerprint density at radius 1 is 1.15 bits per heavy atom. The van der Waals surface area contributed by atoms with Crippen LogP contribution in [-0.2, 0) is 11.3 Å². The third-order valence-corrected chi connectivity index (χ3v) is 4.59. The van der Waals surface area contributed by atoms with E-state index in [1.807, 2.05) is 0 Å². The zero-order valence-corrected chi connectivity index (χ0v) is 16.8. The fraction of sp³-hybridized carbons (Fsp3) is 0.150. The van der Waals surface area contributed by atoms with Crippen molar-refractivity contribution in [3.05, 3.63) is 66.1 Å². The molecular formula is C20H13F5N6O3. The number of rotatable bonds is 7. The molecule has 2 N–H and O–H groups in total. The molecule has 14 heteroatoms. The van der Waals surface area contributed by atoms with Gasteiger partial charge in [-0.15, -0.1) is 0 Å². The van der Waals surface area contributed by atoms with E-state index in [-0.39, 0.29) is 23.6 Å². The second-order valence-corrected chi connectivity index (χ2v) is 6.90. The maximum atomic E-state index is 14.2. The van der Waals surface area contributed by atoms with E-state index < -0.39 is 35.6 Å². The smallest absolute Gasteiger partial charge is 0.419 e. The van der Waals surface area contributed by atoms with Crippen LogP contribution in [0.15, 0.2) is 53.4 Å². The molecule has 0 bridgehead atoms. The zero-order valence-electron chi connectivity index (χ0n) is 16.8. The number of benzene rings is 1. The van der Waals surface area contributed by atoms with Gasteiger partial charge >= 0.3 is 12.1 Å². The molecule has 0 saturated carbocycles. The van der Waals surface area contributed by atoms with Crippen molar-refractivity contribution >= 4 is 11.8 Å². The number of carboxylic acid groups (broad SMARTS) is 1. The van der Waals surface area contributed by atoms with Crippen molar-refractivity contribution in [3.8, 4) is 22.9 Å². The van der Waals surface area contributed by atoms with Gasteiger partial charge < -0.3 is 14.9 Å². The summed E-state index contributed by atoms with van der Waals surface area (Å²) < 4.78 is 73.4. The van der Waals surface area contributed by atoms with E-state index in [1.54, 1.807) is 6.07 Å². The van der Waals surface area contributed by atoms with Crippen molar-refractivity contribution in [1.29, 1.82) is 0 Å². The van der Waals surface area contributed by atoms with Crippen LogP contribution in [-0.4, -0.2) is 48.2 Å². The first-order chi connectivity index (χ1) is 16.1. The SMILES string of the molecule is O=C(O)C(Nc1nc(-c2cc(-c3ccon3)n(Cc3ccccc3F)n2)ncc1F)C(F)(F)F. The Balaban J connectivity index is 1.74. The Morgan fingerprint density at radius 3 is 2.56 bits per heavy atom. The van der Waals surface area contributed by atoms with Crippen LogP contribution in [0.2, 0.25) is 0 Å². The molecule has 9 nitrogen and oxygen atoms in total. The summed E-state index contributed by atoms with van der Waals surface area (Å²) in [5, 5.41) is 18.4. The van der Waals surface area contributed by atoms with Gasteiger partial charge in [-0.1, -0.05) is 23.4 Å². The molecule has 1 unspecified atom stereocenters. The third kappa shape index (κ3) is 4.69. The van der Waals surface area contributed by atoms with E-state index >= 15 is 0 Å². The van der Waals surface area contributed by atoms with Crippen LogP contribution >= 0.6 is 0 Å². The van der Waals surface area contributed by atoms with E-state index in [4.69, 9.17) is 9.63 Å². The van der Waals surface area contributed by atoms with Crippen molar-refractivity contribution in [1.82, 2.24) is 24.9 Å². The maximum Gasteiger partial charge on any atom is 0.419 e. The predicted octanol–water partition coefficient (Wildman–Crippen LogP) is 3.75. The fourth-order valence-electron chi connectivity index (χ4n) is 3.00. The largest absolute Gasteiger partial charge is 0.479 e. The molecule has 3 aromatic heterocycles. The second-order valence-electron chi connectivity index (χ2n) is 6.90. The summed E-state index contributed by atoms with van der Waals surface area (Å²) in [4.78, 5) is 18.4. The van der Waals surface area contributed by atoms with Gasteiger partial charge in [0, 0.05) is 11.6 Å². The van der Waals surface area contributed by atoms with Crippen molar-refractivity contribution in [2.45, 2.75) is 18.8 Å². The number of alkyl halides is 3. The number of aliphatic carboxylic acids is 1. The Kier molecular flexibility index (Phi) is 5.96. The summed E-state index contributed by atoms with van der Waals surface area (Å²) in [6, 6.07) is 5.72. The third-order valence-electron chi connectivity index (χ3n) is 4.59. The first-order valence-corrected chi connectivity index (χ1v) is 9.44. The molecule has 1 aromatic carbocycles. The van der Waals surface area contributed by atoms with E-state index in [1.165, 1.54) is 46.6 Å². The summed E-state index contributed by atoms with van der Waals surface area (Å²) in [5.74, 6) is -5.37. The Bertz CT molecular complexity index is 1320. The van der Waals surface area contributed by atoms with Gasteiger partial charge in [-0.2, -0.15) is 18.3 Å². The summed E-state index contributed by atoms with van der Waals surface area (Å²) in [6.07, 6.45) is -3.36. The number of carboxylic acids is 1. The number of halogens is 5. The van der Waals surface area contributed by atoms with Gasteiger partial charge in [-0.25, -0.2) is 23.5 Å². The molecule has 0 aliphatic heterocycles. The van der Waals surface area contributed by atoms with Crippen molar-refractivity contribution in [2.75, 3.05) is 5.32 Å². The molecule has 0 radical (unpaired) electrons. The lowest BCUT2D eigenvalue weighted by Gasteiger charge is -2.18. The summed E-state index contributed by atoms with van der Waals surface area (Å²) in [5.41, 5.74) is 0.890. The number of hydrogen-bond donors (Lipinski definition) is 2. The molecule has 0 aliphatic carbocycles. The molecule has 0 spiro atoms. The minimum Gasteiger partial charge on any atom is -0.479 e. The molecule has 3 heterocycles. The van der Waals surface area contributed by atoms with Gasteiger partial charge in [0.2, 0.25) is 6.04 Å². The standard InChI is InChI=1S/C20H13F5N6O3/c21-11-4-2-1-3-10(11)9-31-15(13-5-6-34-30-13)7-14(29-31)18-26-8-12(22)17(28-18)27-16(19(32)33)20(23,24)25/h1-8,16H,9H2,(H,32,33)(H,26,27,28). The molecule has 0 aliphatic rings. The Labute approximate surface area is 186 Å². The number of anilines is 1. The number of nitrogens with one attached hydrogen (secondary N) is 1. The van der Waals surface area contributed by atoms with Crippen molar-refractivity contribution < 1.29 is 36.4 Å². The van der Waals surface area contributed by atoms with Crippen LogP contribution in [0.1, 0.15) is 5.56 Å². The zero-order chi connectivity index (χ0) is 24.5. The molecule has 4 aromatic rings. The van der Waals surface area contributed by atoms with Crippen LogP contribution < -0.4 is 5.32 Å². The van der Waals surface area contributed by atoms with E-state index in [0.717, 1.165) is 0 Å². The number of hydrogen-bond acceptors (Lipinski definition) is 7. The van der Waals surface area contributed by atoms with E-state index in [0.29, 0.717) is 17.6 Å². The van der Waals surface area contributed by atoms with Crippen LogP contribution in [0.5, 0.6) is 0 Å². The monoisotopic (exact) mass is 480 g/mol. The minimum atomic E-state index is -5.22. The van der Waals surface area contributed by atoms with Crippen LogP contribution in [0, 0.1) is 11.6 Å². The second kappa shape index (κ2) is 8.88. The van der Waals surface area contributed by atoms with Gasteiger partial charge in [-0.05, 0) is 12.1 Å². The number of aromatic nitrogens is 5. The van der Waals surface area contributed by atoms with Gasteiger partial charge in [0.25, 0.3) is 0 Å². The normalized spacial score (nSPS) is 12.5. The van der Waals surface area contributed by atoms with Gasteiger partial charge in [0.1, 0.15) is 23.5 Å². The summed E-state index contributed by atoms with van der Waals surface area (Å²) >= 11 is 0. The minimum absolute atomic E-state index is 0.0173. The average Bonchev–Trinajstić information content (AvgIpc) is 3.43. The molecule has 1 atom stereocenters. The van der Waals surface area contributed by atoms with Crippen LogP contribution in [0.3, 0.4) is 0 Å². The highest BCUT2D eigenvalue weighted by molar-refractivity contribution is 5.78. The molecular weight excluding hydrogens is 467 g/mol. The number of carbonyl (C=O) groups is 1. The summed E-state index contributed by atoms with van der Waals surface area (Å²) in [6.45, 7) is -0.0592. The lowest BCUT2D eigenvalue weighted by molar-refractivity contribution is -0.171. The molecule has 34 heavy (non-hydrogen) atoms. The van der Waals surface area contributed by atoms with E-state index in [9.17, 15) is 26.7 Å². The van der Waals surface area contributed by atoms with Crippen LogP contribution in [0.4, 0.5) is 27.8 Å². The quantitative estimate of drug-likeness (QED) is 0.384. The molecule has 4 rings (SSSR count). The maximum absolute atomic E-state index is 14.2. The Hall–Kier alpha value is -4.36. The molecule has 0 saturated heterocycles. The molecule has 0 fully saturated rings. The van der Waals surface area contributed by atoms with E-state index in [2.05, 4.69) is 20.2 Å². The van der Waals surface area contributed by atoms with Crippen molar-refractivity contribution in [2.24, 2.45) is 0 Å². The highest BCUT2D eigenvalue weighted by atomic mass is 19.4. The predicted molar refractivity (Wildman–Crippen MR) is 105 cm³/mol. The molecule has 176 valence electrons.